The van der Waals surface area contributed by atoms with E-state index in [1.807, 2.05) is 18.2 Å². The monoisotopic (exact) mass is 358 g/mol. The Morgan fingerprint density at radius 1 is 1.31 bits per heavy atom. The Morgan fingerprint density at radius 3 is 2.73 bits per heavy atom. The molecule has 0 radical (unpaired) electrons. The number of carbonyl (C=O) groups is 3. The van der Waals surface area contributed by atoms with E-state index < -0.39 is 6.04 Å². The summed E-state index contributed by atoms with van der Waals surface area (Å²) >= 11 is 0. The smallest absolute Gasteiger partial charge is 0.255 e. The number of hydrogen-bond acceptors (Lipinski definition) is 5. The molecule has 3 rings (SSSR count). The van der Waals surface area contributed by atoms with Gasteiger partial charge in [-0.1, -0.05) is 18.2 Å². The number of nitrogens with two attached hydrogens (primary N) is 1. The number of benzene rings is 1. The predicted molar refractivity (Wildman–Crippen MR) is 97.1 cm³/mol. The molecule has 3 amide bonds. The van der Waals surface area contributed by atoms with Crippen molar-refractivity contribution in [3.63, 3.8) is 0 Å². The standard InChI is InChI=1S/C19H26N4O3/c1-12(2)22(9-8-20)10-13-4-3-5-14-11-23(19(26)17(13)14)15-6-7-16(24)21-18(15)25/h3-5,12,15H,6-11,20H2,1-2H3,(H,21,24,25). The van der Waals surface area contributed by atoms with Gasteiger partial charge < -0.3 is 10.6 Å². The first kappa shape index (κ1) is 18.5. The van der Waals surface area contributed by atoms with Crippen LogP contribution in [0.3, 0.4) is 0 Å². The summed E-state index contributed by atoms with van der Waals surface area (Å²) in [6, 6.07) is 5.60. The van der Waals surface area contributed by atoms with Crippen molar-refractivity contribution in [3.05, 3.63) is 34.9 Å². The van der Waals surface area contributed by atoms with E-state index >= 15 is 0 Å². The van der Waals surface area contributed by atoms with Crippen LogP contribution in [0.15, 0.2) is 18.2 Å². The summed E-state index contributed by atoms with van der Waals surface area (Å²) in [6.45, 7) is 6.59. The van der Waals surface area contributed by atoms with Gasteiger partial charge in [-0.2, -0.15) is 0 Å². The van der Waals surface area contributed by atoms with Gasteiger partial charge in [0.15, 0.2) is 0 Å². The zero-order valence-corrected chi connectivity index (χ0v) is 15.3. The minimum atomic E-state index is -0.578. The average molecular weight is 358 g/mol. The second-order valence-electron chi connectivity index (χ2n) is 7.20. The summed E-state index contributed by atoms with van der Waals surface area (Å²) in [5.74, 6) is -0.775. The van der Waals surface area contributed by atoms with Gasteiger partial charge in [0.1, 0.15) is 6.04 Å². The number of amides is 3. The van der Waals surface area contributed by atoms with E-state index in [9.17, 15) is 14.4 Å². The molecule has 0 spiro atoms. The first-order valence-corrected chi connectivity index (χ1v) is 9.12. The van der Waals surface area contributed by atoms with E-state index in [0.717, 1.165) is 17.7 Å². The molecule has 2 aliphatic heterocycles. The molecule has 140 valence electrons. The lowest BCUT2D eigenvalue weighted by molar-refractivity contribution is -0.136. The first-order valence-electron chi connectivity index (χ1n) is 9.12. The van der Waals surface area contributed by atoms with E-state index in [2.05, 4.69) is 24.1 Å². The van der Waals surface area contributed by atoms with E-state index in [-0.39, 0.29) is 24.1 Å². The lowest BCUT2D eigenvalue weighted by Crippen LogP contribution is -2.52. The van der Waals surface area contributed by atoms with Crippen LogP contribution in [0.25, 0.3) is 0 Å². The molecule has 2 heterocycles. The van der Waals surface area contributed by atoms with Gasteiger partial charge in [-0.3, -0.25) is 24.6 Å². The maximum absolute atomic E-state index is 13.1. The van der Waals surface area contributed by atoms with Crippen molar-refractivity contribution in [2.24, 2.45) is 5.73 Å². The van der Waals surface area contributed by atoms with Crippen LogP contribution >= 0.6 is 0 Å². The van der Waals surface area contributed by atoms with Crippen LogP contribution in [-0.4, -0.2) is 52.7 Å². The molecule has 1 atom stereocenters. The maximum atomic E-state index is 13.1. The Morgan fingerprint density at radius 2 is 2.08 bits per heavy atom. The Labute approximate surface area is 153 Å². The molecular formula is C19H26N4O3. The van der Waals surface area contributed by atoms with Crippen LogP contribution in [0.2, 0.25) is 0 Å². The normalized spacial score (nSPS) is 20.1. The molecule has 2 aliphatic rings. The SMILES string of the molecule is CC(C)N(CCN)Cc1cccc2c1C(=O)N(C1CCC(=O)NC1=O)C2. The fraction of sp³-hybridized carbons (Fsp3) is 0.526. The van der Waals surface area contributed by atoms with E-state index in [1.165, 1.54) is 0 Å². The summed E-state index contributed by atoms with van der Waals surface area (Å²) in [7, 11) is 0. The number of nitrogens with zero attached hydrogens (tertiary/aromatic N) is 2. The Bertz CT molecular complexity index is 731. The molecule has 3 N–H and O–H groups in total. The molecule has 0 saturated carbocycles. The van der Waals surface area contributed by atoms with Crippen LogP contribution in [0.5, 0.6) is 0 Å². The average Bonchev–Trinajstić information content (AvgIpc) is 2.92. The zero-order valence-electron chi connectivity index (χ0n) is 15.3. The molecule has 1 saturated heterocycles. The molecule has 1 aromatic carbocycles. The first-order chi connectivity index (χ1) is 12.4. The zero-order chi connectivity index (χ0) is 18.8. The highest BCUT2D eigenvalue weighted by Crippen LogP contribution is 2.30. The van der Waals surface area contributed by atoms with E-state index in [1.54, 1.807) is 4.90 Å². The Kier molecular flexibility index (Phi) is 5.38. The molecule has 1 fully saturated rings. The minimum Gasteiger partial charge on any atom is -0.329 e. The molecular weight excluding hydrogens is 332 g/mol. The van der Waals surface area contributed by atoms with Crippen molar-refractivity contribution >= 4 is 17.7 Å². The number of carbonyl (C=O) groups excluding carboxylic acids is 3. The molecule has 0 bridgehead atoms. The van der Waals surface area contributed by atoms with E-state index in [0.29, 0.717) is 37.7 Å². The molecule has 1 unspecified atom stereocenters. The number of piperidine rings is 1. The van der Waals surface area contributed by atoms with E-state index in [4.69, 9.17) is 5.73 Å². The van der Waals surface area contributed by atoms with Crippen LogP contribution in [0.1, 0.15) is 48.2 Å². The largest absolute Gasteiger partial charge is 0.329 e. The quantitative estimate of drug-likeness (QED) is 0.727. The second-order valence-corrected chi connectivity index (χ2v) is 7.20. The molecule has 26 heavy (non-hydrogen) atoms. The number of rotatable bonds is 6. The fourth-order valence-corrected chi connectivity index (χ4v) is 3.73. The van der Waals surface area contributed by atoms with Gasteiger partial charge in [-0.05, 0) is 31.4 Å². The highest BCUT2D eigenvalue weighted by molar-refractivity contribution is 6.05. The number of fused-ring (bicyclic) bond motifs is 1. The summed E-state index contributed by atoms with van der Waals surface area (Å²) in [6.07, 6.45) is 0.645. The van der Waals surface area contributed by atoms with Crippen molar-refractivity contribution in [2.75, 3.05) is 13.1 Å². The van der Waals surface area contributed by atoms with Crippen LogP contribution < -0.4 is 11.1 Å². The van der Waals surface area contributed by atoms with Crippen molar-refractivity contribution in [3.8, 4) is 0 Å². The van der Waals surface area contributed by atoms with Gasteiger partial charge in [0.2, 0.25) is 11.8 Å². The van der Waals surface area contributed by atoms with Gasteiger partial charge in [-0.25, -0.2) is 0 Å². The fourth-order valence-electron chi connectivity index (χ4n) is 3.73. The van der Waals surface area contributed by atoms with Gasteiger partial charge >= 0.3 is 0 Å². The highest BCUT2D eigenvalue weighted by atomic mass is 16.2. The molecule has 7 heteroatoms. The summed E-state index contributed by atoms with van der Waals surface area (Å²) in [5, 5.41) is 2.34. The summed E-state index contributed by atoms with van der Waals surface area (Å²) in [5.41, 5.74) is 8.31. The van der Waals surface area contributed by atoms with Gasteiger partial charge in [-0.15, -0.1) is 0 Å². The Balaban J connectivity index is 1.84. The van der Waals surface area contributed by atoms with Gasteiger partial charge in [0.05, 0.1) is 0 Å². The van der Waals surface area contributed by atoms with Crippen molar-refractivity contribution in [1.29, 1.82) is 0 Å². The van der Waals surface area contributed by atoms with Crippen LogP contribution in [0.4, 0.5) is 0 Å². The third kappa shape index (κ3) is 3.50. The van der Waals surface area contributed by atoms with Gasteiger partial charge in [0.25, 0.3) is 5.91 Å². The third-order valence-corrected chi connectivity index (χ3v) is 5.16. The molecule has 1 aromatic rings. The lowest BCUT2D eigenvalue weighted by Gasteiger charge is -2.29. The van der Waals surface area contributed by atoms with Crippen LogP contribution in [-0.2, 0) is 22.7 Å². The predicted octanol–water partition coefficient (Wildman–Crippen LogP) is 0.617. The van der Waals surface area contributed by atoms with Gasteiger partial charge in [0, 0.05) is 44.2 Å². The maximum Gasteiger partial charge on any atom is 0.255 e. The lowest BCUT2D eigenvalue weighted by atomic mass is 10.0. The van der Waals surface area contributed by atoms with Crippen molar-refractivity contribution in [2.45, 2.75) is 51.9 Å². The van der Waals surface area contributed by atoms with Crippen molar-refractivity contribution < 1.29 is 14.4 Å². The van der Waals surface area contributed by atoms with Crippen molar-refractivity contribution in [1.82, 2.24) is 15.1 Å². The second kappa shape index (κ2) is 7.55. The number of nitrogens with one attached hydrogen (secondary N) is 1. The molecule has 7 nitrogen and oxygen atoms in total. The highest BCUT2D eigenvalue weighted by Gasteiger charge is 2.40. The number of imide groups is 1. The molecule has 0 aliphatic carbocycles. The topological polar surface area (TPSA) is 95.7 Å². The summed E-state index contributed by atoms with van der Waals surface area (Å²) < 4.78 is 0. The number of hydrogen-bond donors (Lipinski definition) is 2. The minimum absolute atomic E-state index is 0.124. The molecule has 0 aromatic heterocycles. The third-order valence-electron chi connectivity index (χ3n) is 5.16. The Hall–Kier alpha value is -2.25. The summed E-state index contributed by atoms with van der Waals surface area (Å²) in [4.78, 5) is 40.5. The van der Waals surface area contributed by atoms with Crippen LogP contribution in [0, 0.1) is 0 Å².